The van der Waals surface area contributed by atoms with Crippen molar-refractivity contribution in [2.75, 3.05) is 27.2 Å². The number of hydrogen-bond donors (Lipinski definition) is 0. The summed E-state index contributed by atoms with van der Waals surface area (Å²) in [5.41, 5.74) is 5.01. The summed E-state index contributed by atoms with van der Waals surface area (Å²) >= 11 is 0. The lowest BCUT2D eigenvalue weighted by Crippen LogP contribution is -2.20. The lowest BCUT2D eigenvalue weighted by molar-refractivity contribution is 0.0683. The highest BCUT2D eigenvalue weighted by atomic mass is 16.5. The zero-order chi connectivity index (χ0) is 15.2. The molecule has 0 aliphatic carbocycles. The van der Waals surface area contributed by atoms with E-state index >= 15 is 0 Å². The highest BCUT2D eigenvalue weighted by molar-refractivity contribution is 5.36. The number of aryl methyl sites for hydroxylation is 2. The minimum absolute atomic E-state index is 0.00625. The largest absolute Gasteiger partial charge is 0.367 e. The molecule has 0 saturated heterocycles. The first-order valence-electron chi connectivity index (χ1n) is 7.46. The Labute approximate surface area is 128 Å². The molecule has 0 aliphatic heterocycles. The van der Waals surface area contributed by atoms with Crippen molar-refractivity contribution in [3.05, 3.63) is 70.8 Å². The van der Waals surface area contributed by atoms with Gasteiger partial charge in [-0.2, -0.15) is 0 Å². The van der Waals surface area contributed by atoms with Gasteiger partial charge >= 0.3 is 0 Å². The predicted molar refractivity (Wildman–Crippen MR) is 88.7 cm³/mol. The van der Waals surface area contributed by atoms with Gasteiger partial charge in [-0.1, -0.05) is 54.1 Å². The Kier molecular flexibility index (Phi) is 5.54. The van der Waals surface area contributed by atoms with E-state index in [1.54, 1.807) is 0 Å². The Morgan fingerprint density at radius 3 is 2.24 bits per heavy atom. The third-order valence-electron chi connectivity index (χ3n) is 3.67. The fraction of sp³-hybridized carbons (Fsp3) is 0.368. The van der Waals surface area contributed by atoms with E-state index in [4.69, 9.17) is 4.74 Å². The Morgan fingerprint density at radius 1 is 0.952 bits per heavy atom. The second kappa shape index (κ2) is 7.39. The van der Waals surface area contributed by atoms with Gasteiger partial charge in [-0.3, -0.25) is 0 Å². The Bertz CT molecular complexity index is 560. The van der Waals surface area contributed by atoms with Crippen LogP contribution in [0.3, 0.4) is 0 Å². The molecule has 0 fully saturated rings. The monoisotopic (exact) mass is 283 g/mol. The van der Waals surface area contributed by atoms with E-state index < -0.39 is 0 Å². The summed E-state index contributed by atoms with van der Waals surface area (Å²) < 4.78 is 6.20. The van der Waals surface area contributed by atoms with Crippen molar-refractivity contribution in [1.29, 1.82) is 0 Å². The van der Waals surface area contributed by atoms with E-state index in [9.17, 15) is 0 Å². The van der Waals surface area contributed by atoms with Crippen LogP contribution in [0.15, 0.2) is 48.5 Å². The molecule has 112 valence electrons. The Morgan fingerprint density at radius 2 is 1.62 bits per heavy atom. The second-order valence-electron chi connectivity index (χ2n) is 5.82. The standard InChI is InChI=1S/C19H25NO/c1-15-9-11-17(12-10-15)19(21-14-13-20(3)4)18-8-6-5-7-16(18)2/h5-12,19H,13-14H2,1-4H3/t19-/m0/s1. The number of nitrogens with zero attached hydrogens (tertiary/aromatic N) is 1. The molecule has 2 rings (SSSR count). The maximum Gasteiger partial charge on any atom is 0.108 e. The summed E-state index contributed by atoms with van der Waals surface area (Å²) in [4.78, 5) is 2.14. The lowest BCUT2D eigenvalue weighted by Gasteiger charge is -2.22. The van der Waals surface area contributed by atoms with Crippen LogP contribution in [0.2, 0.25) is 0 Å². The molecule has 0 heterocycles. The first-order valence-corrected chi connectivity index (χ1v) is 7.46. The molecular weight excluding hydrogens is 258 g/mol. The molecule has 0 unspecified atom stereocenters. The van der Waals surface area contributed by atoms with Gasteiger partial charge in [-0.25, -0.2) is 0 Å². The molecule has 2 heteroatoms. The second-order valence-corrected chi connectivity index (χ2v) is 5.82. The van der Waals surface area contributed by atoms with Gasteiger partial charge in [0.2, 0.25) is 0 Å². The average Bonchev–Trinajstić information content (AvgIpc) is 2.46. The molecule has 2 nitrogen and oxygen atoms in total. The van der Waals surface area contributed by atoms with E-state index in [1.807, 2.05) is 0 Å². The molecule has 0 amide bonds. The van der Waals surface area contributed by atoms with Crippen LogP contribution in [-0.2, 0) is 4.74 Å². The minimum Gasteiger partial charge on any atom is -0.367 e. The summed E-state index contributed by atoms with van der Waals surface area (Å²) in [7, 11) is 4.13. The number of likely N-dealkylation sites (N-methyl/N-ethyl adjacent to an activating group) is 1. The molecule has 2 aromatic carbocycles. The molecule has 0 N–H and O–H groups in total. The van der Waals surface area contributed by atoms with E-state index in [2.05, 4.69) is 81.4 Å². The van der Waals surface area contributed by atoms with Crippen LogP contribution in [0.25, 0.3) is 0 Å². The summed E-state index contributed by atoms with van der Waals surface area (Å²) in [6.45, 7) is 5.90. The third-order valence-corrected chi connectivity index (χ3v) is 3.67. The third kappa shape index (κ3) is 4.42. The summed E-state index contributed by atoms with van der Waals surface area (Å²) in [6.07, 6.45) is 0.00625. The van der Waals surface area contributed by atoms with Gasteiger partial charge in [0.25, 0.3) is 0 Å². The average molecular weight is 283 g/mol. The molecule has 0 saturated carbocycles. The van der Waals surface area contributed by atoms with Gasteiger partial charge in [-0.15, -0.1) is 0 Å². The molecule has 0 spiro atoms. The summed E-state index contributed by atoms with van der Waals surface area (Å²) in [5, 5.41) is 0. The van der Waals surface area contributed by atoms with Crippen LogP contribution >= 0.6 is 0 Å². The fourth-order valence-electron chi connectivity index (χ4n) is 2.34. The normalized spacial score (nSPS) is 12.6. The first kappa shape index (κ1) is 15.7. The van der Waals surface area contributed by atoms with E-state index in [0.717, 1.165) is 13.2 Å². The molecule has 0 bridgehead atoms. The van der Waals surface area contributed by atoms with E-state index in [-0.39, 0.29) is 6.10 Å². The summed E-state index contributed by atoms with van der Waals surface area (Å²) in [5.74, 6) is 0. The number of rotatable bonds is 6. The zero-order valence-corrected chi connectivity index (χ0v) is 13.5. The highest BCUT2D eigenvalue weighted by Gasteiger charge is 2.16. The molecule has 1 atom stereocenters. The van der Waals surface area contributed by atoms with Crippen LogP contribution in [-0.4, -0.2) is 32.1 Å². The van der Waals surface area contributed by atoms with Crippen LogP contribution in [0.1, 0.15) is 28.4 Å². The number of hydrogen-bond acceptors (Lipinski definition) is 2. The van der Waals surface area contributed by atoms with Crippen LogP contribution in [0.4, 0.5) is 0 Å². The van der Waals surface area contributed by atoms with Crippen molar-refractivity contribution in [1.82, 2.24) is 4.90 Å². The van der Waals surface area contributed by atoms with Crippen molar-refractivity contribution in [2.24, 2.45) is 0 Å². The van der Waals surface area contributed by atoms with Crippen LogP contribution < -0.4 is 0 Å². The fourth-order valence-corrected chi connectivity index (χ4v) is 2.34. The highest BCUT2D eigenvalue weighted by Crippen LogP contribution is 2.28. The van der Waals surface area contributed by atoms with E-state index in [0.29, 0.717) is 0 Å². The first-order chi connectivity index (χ1) is 10.1. The molecule has 2 aromatic rings. The Hall–Kier alpha value is -1.64. The van der Waals surface area contributed by atoms with Gasteiger partial charge < -0.3 is 9.64 Å². The summed E-state index contributed by atoms with van der Waals surface area (Å²) in [6, 6.07) is 17.1. The molecule has 0 radical (unpaired) electrons. The predicted octanol–water partition coefficient (Wildman–Crippen LogP) is 3.97. The van der Waals surface area contributed by atoms with Crippen molar-refractivity contribution in [3.8, 4) is 0 Å². The molecule has 21 heavy (non-hydrogen) atoms. The lowest BCUT2D eigenvalue weighted by atomic mass is 9.97. The van der Waals surface area contributed by atoms with Crippen molar-refractivity contribution in [2.45, 2.75) is 20.0 Å². The van der Waals surface area contributed by atoms with Gasteiger partial charge in [-0.05, 0) is 44.6 Å². The van der Waals surface area contributed by atoms with Gasteiger partial charge in [0.05, 0.1) is 6.61 Å². The van der Waals surface area contributed by atoms with Gasteiger partial charge in [0.1, 0.15) is 6.10 Å². The van der Waals surface area contributed by atoms with Crippen LogP contribution in [0.5, 0.6) is 0 Å². The smallest absolute Gasteiger partial charge is 0.108 e. The molecule has 0 aromatic heterocycles. The molecular formula is C19H25NO. The minimum atomic E-state index is 0.00625. The number of ether oxygens (including phenoxy) is 1. The Balaban J connectivity index is 2.26. The zero-order valence-electron chi connectivity index (χ0n) is 13.5. The topological polar surface area (TPSA) is 12.5 Å². The maximum absolute atomic E-state index is 6.20. The van der Waals surface area contributed by atoms with Crippen molar-refractivity contribution in [3.63, 3.8) is 0 Å². The van der Waals surface area contributed by atoms with Crippen molar-refractivity contribution >= 4 is 0 Å². The van der Waals surface area contributed by atoms with E-state index in [1.165, 1.54) is 22.3 Å². The maximum atomic E-state index is 6.20. The van der Waals surface area contributed by atoms with Gasteiger partial charge in [0.15, 0.2) is 0 Å². The van der Waals surface area contributed by atoms with Gasteiger partial charge in [0, 0.05) is 6.54 Å². The number of benzene rings is 2. The van der Waals surface area contributed by atoms with Crippen molar-refractivity contribution < 1.29 is 4.74 Å². The quantitative estimate of drug-likeness (QED) is 0.795. The molecule has 0 aliphatic rings. The van der Waals surface area contributed by atoms with Crippen LogP contribution in [0, 0.1) is 13.8 Å². The SMILES string of the molecule is Cc1ccc([C@H](OCCN(C)C)c2ccccc2C)cc1.